The molecule has 1 aromatic rings. The molecule has 1 aromatic carbocycles. The van der Waals surface area contributed by atoms with Crippen LogP contribution in [0.5, 0.6) is 0 Å². The van der Waals surface area contributed by atoms with E-state index in [1.807, 2.05) is 4.90 Å². The third kappa shape index (κ3) is 3.16. The Balaban J connectivity index is 1.87. The van der Waals surface area contributed by atoms with Crippen LogP contribution in [-0.4, -0.2) is 13.1 Å². The molecule has 0 bridgehead atoms. The minimum absolute atomic E-state index is 0.111. The van der Waals surface area contributed by atoms with Gasteiger partial charge in [0.1, 0.15) is 11.6 Å². The fourth-order valence-electron chi connectivity index (χ4n) is 3.36. The Morgan fingerprint density at radius 3 is 2.17 bits per heavy atom. The number of nitrogens with one attached hydrogen (secondary N) is 1. The number of halogens is 2. The Labute approximate surface area is 136 Å². The number of allylic oxidation sites excluding steroid dienone is 2. The van der Waals surface area contributed by atoms with Crippen molar-refractivity contribution < 1.29 is 8.78 Å². The summed E-state index contributed by atoms with van der Waals surface area (Å²) in [6.45, 7) is 13.2. The van der Waals surface area contributed by atoms with E-state index in [0.29, 0.717) is 24.2 Å². The quantitative estimate of drug-likeness (QED) is 0.801. The summed E-state index contributed by atoms with van der Waals surface area (Å²) in [4.78, 5) is 2.01. The molecule has 2 fully saturated rings. The second kappa shape index (κ2) is 6.19. The first kappa shape index (κ1) is 15.8. The van der Waals surface area contributed by atoms with Gasteiger partial charge < -0.3 is 10.2 Å². The van der Waals surface area contributed by atoms with E-state index in [1.165, 1.54) is 17.7 Å². The van der Waals surface area contributed by atoms with Gasteiger partial charge in [-0.25, -0.2) is 8.78 Å². The van der Waals surface area contributed by atoms with Crippen molar-refractivity contribution in [3.05, 3.63) is 66.0 Å². The molecule has 4 heteroatoms. The second-order valence-corrected chi connectivity index (χ2v) is 6.41. The number of hydrogen-bond acceptors (Lipinski definition) is 2. The van der Waals surface area contributed by atoms with Crippen LogP contribution in [0.25, 0.3) is 0 Å². The van der Waals surface area contributed by atoms with Gasteiger partial charge in [-0.2, -0.15) is 0 Å². The fraction of sp³-hybridized carbons (Fsp3) is 0.368. The maximum atomic E-state index is 14.6. The largest absolute Gasteiger partial charge is 0.371 e. The standard InChI is InChI=1S/C19H22F2N2/c1-12-6-8-23(9-7-12)15-10-17(20)19(18(21)11-15)16-5-4-13(2)22-14(16)3/h10-11,16,22H,1-9H2/t16-/m0/s1. The van der Waals surface area contributed by atoms with Crippen LogP contribution in [0.2, 0.25) is 0 Å². The molecule has 0 amide bonds. The van der Waals surface area contributed by atoms with Crippen LogP contribution < -0.4 is 10.2 Å². The molecule has 2 heterocycles. The molecular weight excluding hydrogens is 294 g/mol. The van der Waals surface area contributed by atoms with Gasteiger partial charge in [0.05, 0.1) is 0 Å². The molecule has 2 aliphatic rings. The number of benzene rings is 1. The van der Waals surface area contributed by atoms with Gasteiger partial charge in [0, 0.05) is 41.7 Å². The second-order valence-electron chi connectivity index (χ2n) is 6.41. The highest BCUT2D eigenvalue weighted by Crippen LogP contribution is 2.37. The minimum Gasteiger partial charge on any atom is -0.371 e. The molecule has 3 rings (SSSR count). The summed E-state index contributed by atoms with van der Waals surface area (Å²) in [6, 6.07) is 2.90. The highest BCUT2D eigenvalue weighted by Gasteiger charge is 2.27. The van der Waals surface area contributed by atoms with Crippen molar-refractivity contribution in [2.75, 3.05) is 18.0 Å². The number of nitrogens with zero attached hydrogens (tertiary/aromatic N) is 1. The van der Waals surface area contributed by atoms with Crippen molar-refractivity contribution in [1.29, 1.82) is 0 Å². The molecule has 2 aliphatic heterocycles. The summed E-state index contributed by atoms with van der Waals surface area (Å²) < 4.78 is 29.2. The maximum Gasteiger partial charge on any atom is 0.132 e. The molecule has 122 valence electrons. The lowest BCUT2D eigenvalue weighted by Crippen LogP contribution is -2.31. The Morgan fingerprint density at radius 2 is 1.61 bits per heavy atom. The molecule has 2 saturated heterocycles. The highest BCUT2D eigenvalue weighted by molar-refractivity contribution is 5.51. The van der Waals surface area contributed by atoms with Crippen LogP contribution in [0, 0.1) is 11.6 Å². The van der Waals surface area contributed by atoms with Gasteiger partial charge >= 0.3 is 0 Å². The van der Waals surface area contributed by atoms with Crippen LogP contribution in [0.15, 0.2) is 48.8 Å². The molecule has 0 aliphatic carbocycles. The van der Waals surface area contributed by atoms with Crippen molar-refractivity contribution in [3.8, 4) is 0 Å². The van der Waals surface area contributed by atoms with Crippen molar-refractivity contribution in [2.45, 2.75) is 31.6 Å². The predicted molar refractivity (Wildman–Crippen MR) is 90.3 cm³/mol. The van der Waals surface area contributed by atoms with Gasteiger partial charge in [-0.15, -0.1) is 0 Å². The molecule has 0 aromatic heterocycles. The van der Waals surface area contributed by atoms with Crippen LogP contribution in [0.1, 0.15) is 37.2 Å². The average molecular weight is 316 g/mol. The summed E-state index contributed by atoms with van der Waals surface area (Å²) >= 11 is 0. The van der Waals surface area contributed by atoms with E-state index in [2.05, 4.69) is 25.1 Å². The van der Waals surface area contributed by atoms with E-state index < -0.39 is 11.6 Å². The summed E-state index contributed by atoms with van der Waals surface area (Å²) in [6.07, 6.45) is 3.06. The van der Waals surface area contributed by atoms with Gasteiger partial charge in [-0.3, -0.25) is 0 Å². The molecule has 0 unspecified atom stereocenters. The molecule has 0 radical (unpaired) electrons. The molecule has 2 nitrogen and oxygen atoms in total. The van der Waals surface area contributed by atoms with E-state index in [1.54, 1.807) is 0 Å². The molecule has 1 atom stereocenters. The zero-order chi connectivity index (χ0) is 16.6. The normalized spacial score (nSPS) is 22.3. The van der Waals surface area contributed by atoms with E-state index in [-0.39, 0.29) is 11.5 Å². The zero-order valence-electron chi connectivity index (χ0n) is 13.3. The first-order valence-corrected chi connectivity index (χ1v) is 8.00. The summed E-state index contributed by atoms with van der Waals surface area (Å²) in [5.41, 5.74) is 3.37. The maximum absolute atomic E-state index is 14.6. The lowest BCUT2D eigenvalue weighted by molar-refractivity contribution is 0.502. The molecule has 0 spiro atoms. The van der Waals surface area contributed by atoms with Gasteiger partial charge in [0.25, 0.3) is 0 Å². The highest BCUT2D eigenvalue weighted by atomic mass is 19.1. The van der Waals surface area contributed by atoms with Crippen molar-refractivity contribution >= 4 is 5.69 Å². The smallest absolute Gasteiger partial charge is 0.132 e. The van der Waals surface area contributed by atoms with Crippen LogP contribution in [0.3, 0.4) is 0 Å². The number of hydrogen-bond donors (Lipinski definition) is 1. The minimum atomic E-state index is -0.495. The topological polar surface area (TPSA) is 15.3 Å². The van der Waals surface area contributed by atoms with Crippen LogP contribution in [-0.2, 0) is 0 Å². The molecular formula is C19H22F2N2. The molecule has 0 saturated carbocycles. The van der Waals surface area contributed by atoms with Gasteiger partial charge in [-0.1, -0.05) is 25.3 Å². The van der Waals surface area contributed by atoms with Crippen molar-refractivity contribution in [3.63, 3.8) is 0 Å². The first-order chi connectivity index (χ1) is 11.0. The Bertz CT molecular complexity index is 645. The number of piperidine rings is 2. The van der Waals surface area contributed by atoms with Crippen molar-refractivity contribution in [2.24, 2.45) is 0 Å². The number of rotatable bonds is 2. The third-order valence-corrected chi connectivity index (χ3v) is 4.74. The predicted octanol–water partition coefficient (Wildman–Crippen LogP) is 4.62. The van der Waals surface area contributed by atoms with Gasteiger partial charge in [0.2, 0.25) is 0 Å². The fourth-order valence-corrected chi connectivity index (χ4v) is 3.36. The van der Waals surface area contributed by atoms with E-state index in [9.17, 15) is 8.78 Å². The third-order valence-electron chi connectivity index (χ3n) is 4.74. The molecule has 1 N–H and O–H groups in total. The van der Waals surface area contributed by atoms with Gasteiger partial charge in [0.15, 0.2) is 0 Å². The monoisotopic (exact) mass is 316 g/mol. The lowest BCUT2D eigenvalue weighted by atomic mass is 9.87. The van der Waals surface area contributed by atoms with Crippen LogP contribution in [0.4, 0.5) is 14.5 Å². The molecule has 23 heavy (non-hydrogen) atoms. The summed E-state index contributed by atoms with van der Waals surface area (Å²) in [7, 11) is 0. The lowest BCUT2D eigenvalue weighted by Gasteiger charge is -2.32. The summed E-state index contributed by atoms with van der Waals surface area (Å²) in [5, 5.41) is 3.02. The first-order valence-electron chi connectivity index (χ1n) is 8.00. The Hall–Kier alpha value is -2.10. The average Bonchev–Trinajstić information content (AvgIpc) is 2.49. The summed E-state index contributed by atoms with van der Waals surface area (Å²) in [5.74, 6) is -1.34. The van der Waals surface area contributed by atoms with Gasteiger partial charge in [-0.05, 0) is 37.8 Å². The SMILES string of the molecule is C=C1CCN(c2cc(F)c([C@H]3CCC(=C)NC3=C)c(F)c2)CC1. The zero-order valence-corrected chi connectivity index (χ0v) is 13.3. The van der Waals surface area contributed by atoms with E-state index in [0.717, 1.165) is 31.6 Å². The number of anilines is 1. The van der Waals surface area contributed by atoms with Crippen molar-refractivity contribution in [1.82, 2.24) is 5.32 Å². The van der Waals surface area contributed by atoms with Crippen LogP contribution >= 0.6 is 0 Å². The van der Waals surface area contributed by atoms with E-state index in [4.69, 9.17) is 0 Å². The van der Waals surface area contributed by atoms with E-state index >= 15 is 0 Å². The Morgan fingerprint density at radius 1 is 1.00 bits per heavy atom. The Kier molecular flexibility index (Phi) is 4.24.